The summed E-state index contributed by atoms with van der Waals surface area (Å²) < 4.78 is 4.46. The van der Waals surface area contributed by atoms with Crippen LogP contribution in [0.3, 0.4) is 0 Å². The predicted octanol–water partition coefficient (Wildman–Crippen LogP) is 0.609. The minimum absolute atomic E-state index is 0.0142. The summed E-state index contributed by atoms with van der Waals surface area (Å²) in [6.07, 6.45) is 1.47. The van der Waals surface area contributed by atoms with Crippen molar-refractivity contribution in [1.82, 2.24) is 5.32 Å². The van der Waals surface area contributed by atoms with E-state index in [1.807, 2.05) is 0 Å². The van der Waals surface area contributed by atoms with Crippen LogP contribution in [0.4, 0.5) is 4.79 Å². The highest BCUT2D eigenvalue weighted by Gasteiger charge is 2.05. The number of carbonyl (C=O) groups excluding carboxylic acids is 2. The Balaban J connectivity index is 2.57. The third-order valence-corrected chi connectivity index (χ3v) is 2.20. The van der Waals surface area contributed by atoms with Gasteiger partial charge in [-0.1, -0.05) is 12.1 Å². The molecule has 2 amide bonds. The summed E-state index contributed by atoms with van der Waals surface area (Å²) in [6.45, 7) is 0.122. The number of amides is 2. The maximum atomic E-state index is 11.8. The van der Waals surface area contributed by atoms with Gasteiger partial charge in [0.05, 0.1) is 6.54 Å². The maximum absolute atomic E-state index is 11.8. The van der Waals surface area contributed by atoms with Gasteiger partial charge in [0.1, 0.15) is 6.61 Å². The molecule has 20 heavy (non-hydrogen) atoms. The Hall–Kier alpha value is -2.83. The number of hydrogen-bond acceptors (Lipinski definition) is 4. The molecule has 0 aliphatic heterocycles. The van der Waals surface area contributed by atoms with Crippen LogP contribution in [-0.2, 0) is 9.53 Å². The molecule has 1 rings (SSSR count). The van der Waals surface area contributed by atoms with E-state index in [0.29, 0.717) is 11.1 Å². The van der Waals surface area contributed by atoms with Crippen LogP contribution in [0, 0.1) is 0 Å². The third kappa shape index (κ3) is 5.67. The summed E-state index contributed by atoms with van der Waals surface area (Å²) >= 11 is 0. The van der Waals surface area contributed by atoms with Gasteiger partial charge in [-0.2, -0.15) is 0 Å². The average molecular weight is 278 g/mol. The molecule has 0 saturated carbocycles. The van der Waals surface area contributed by atoms with E-state index in [1.165, 1.54) is 6.08 Å². The molecular formula is C13H14N2O5. The molecule has 0 unspecified atom stereocenters. The summed E-state index contributed by atoms with van der Waals surface area (Å²) in [5.41, 5.74) is 5.73. The molecule has 1 aromatic carbocycles. The lowest BCUT2D eigenvalue weighted by atomic mass is 10.1. The number of hydrogen-bond donors (Lipinski definition) is 3. The topological polar surface area (TPSA) is 119 Å². The van der Waals surface area contributed by atoms with Gasteiger partial charge in [0, 0.05) is 11.6 Å². The van der Waals surface area contributed by atoms with Crippen LogP contribution < -0.4 is 11.1 Å². The van der Waals surface area contributed by atoms with E-state index in [4.69, 9.17) is 10.8 Å². The number of carbonyl (C=O) groups is 3. The Morgan fingerprint density at radius 1 is 1.35 bits per heavy atom. The number of ether oxygens (including phenoxy) is 1. The molecule has 0 heterocycles. The first-order chi connectivity index (χ1) is 9.49. The van der Waals surface area contributed by atoms with Crippen molar-refractivity contribution in [3.05, 3.63) is 41.5 Å². The predicted molar refractivity (Wildman–Crippen MR) is 71.0 cm³/mol. The molecular weight excluding hydrogens is 264 g/mol. The molecule has 7 heteroatoms. The molecule has 0 aliphatic carbocycles. The van der Waals surface area contributed by atoms with Crippen LogP contribution in [0.1, 0.15) is 15.9 Å². The van der Waals surface area contributed by atoms with Crippen LogP contribution in [0.2, 0.25) is 0 Å². The van der Waals surface area contributed by atoms with Gasteiger partial charge in [0.15, 0.2) is 0 Å². The van der Waals surface area contributed by atoms with E-state index in [9.17, 15) is 14.4 Å². The van der Waals surface area contributed by atoms with Gasteiger partial charge in [0.2, 0.25) is 0 Å². The highest BCUT2D eigenvalue weighted by Crippen LogP contribution is 2.07. The Labute approximate surface area is 115 Å². The first-order valence-electron chi connectivity index (χ1n) is 5.70. The first-order valence-corrected chi connectivity index (χ1v) is 5.70. The summed E-state index contributed by atoms with van der Waals surface area (Å²) in [7, 11) is 0. The lowest BCUT2D eigenvalue weighted by molar-refractivity contribution is -0.131. The molecule has 0 aliphatic rings. The fourth-order valence-corrected chi connectivity index (χ4v) is 1.37. The van der Waals surface area contributed by atoms with E-state index in [2.05, 4.69) is 10.1 Å². The number of nitrogens with one attached hydrogen (secondary N) is 1. The summed E-state index contributed by atoms with van der Waals surface area (Å²) in [5, 5.41) is 11.1. The lowest BCUT2D eigenvalue weighted by Crippen LogP contribution is -2.29. The van der Waals surface area contributed by atoms with Crippen LogP contribution in [0.25, 0.3) is 6.08 Å². The minimum atomic E-state index is -1.07. The van der Waals surface area contributed by atoms with Crippen LogP contribution >= 0.6 is 0 Å². The summed E-state index contributed by atoms with van der Waals surface area (Å²) in [5.74, 6) is -1.42. The Kier molecular flexibility index (Phi) is 5.76. The zero-order valence-electron chi connectivity index (χ0n) is 10.5. The number of carboxylic acid groups (broad SMARTS) is 1. The van der Waals surface area contributed by atoms with E-state index < -0.39 is 12.1 Å². The molecule has 0 saturated heterocycles. The molecule has 1 aromatic rings. The van der Waals surface area contributed by atoms with Gasteiger partial charge in [-0.3, -0.25) is 4.79 Å². The minimum Gasteiger partial charge on any atom is -0.478 e. The number of nitrogens with two attached hydrogens (primary N) is 1. The van der Waals surface area contributed by atoms with Gasteiger partial charge in [-0.25, -0.2) is 9.59 Å². The standard InChI is InChI=1S/C13H14N2O5/c14-13(19)20-7-6-15-12(18)10-3-1-2-9(8-10)4-5-11(16)17/h1-5,8H,6-7H2,(H2,14,19)(H,15,18)(H,16,17)/b5-4+. The molecule has 4 N–H and O–H groups in total. The third-order valence-electron chi connectivity index (χ3n) is 2.20. The fraction of sp³-hybridized carbons (Fsp3) is 0.154. The van der Waals surface area contributed by atoms with Crippen molar-refractivity contribution in [2.24, 2.45) is 5.73 Å². The molecule has 0 fully saturated rings. The van der Waals surface area contributed by atoms with E-state index in [-0.39, 0.29) is 19.1 Å². The smallest absolute Gasteiger partial charge is 0.404 e. The molecule has 7 nitrogen and oxygen atoms in total. The zero-order chi connectivity index (χ0) is 15.0. The number of primary amides is 1. The molecule has 106 valence electrons. The normalized spacial score (nSPS) is 10.2. The van der Waals surface area contributed by atoms with Crippen molar-refractivity contribution in [3.8, 4) is 0 Å². The second-order valence-electron chi connectivity index (χ2n) is 3.72. The molecule has 0 spiro atoms. The number of benzene rings is 1. The van der Waals surface area contributed by atoms with Gasteiger partial charge in [-0.05, 0) is 23.8 Å². The second kappa shape index (κ2) is 7.57. The number of carboxylic acids is 1. The van der Waals surface area contributed by atoms with Gasteiger partial charge < -0.3 is 20.9 Å². The zero-order valence-corrected chi connectivity index (χ0v) is 10.5. The van der Waals surface area contributed by atoms with Gasteiger partial charge in [-0.15, -0.1) is 0 Å². The maximum Gasteiger partial charge on any atom is 0.404 e. The number of aliphatic carboxylic acids is 1. The summed E-state index contributed by atoms with van der Waals surface area (Å²) in [4.78, 5) is 32.5. The fourth-order valence-electron chi connectivity index (χ4n) is 1.37. The number of rotatable bonds is 6. The van der Waals surface area contributed by atoms with E-state index in [0.717, 1.165) is 6.08 Å². The summed E-state index contributed by atoms with van der Waals surface area (Å²) in [6, 6.07) is 6.44. The van der Waals surface area contributed by atoms with Gasteiger partial charge >= 0.3 is 12.1 Å². The van der Waals surface area contributed by atoms with Crippen molar-refractivity contribution in [3.63, 3.8) is 0 Å². The van der Waals surface area contributed by atoms with Crippen LogP contribution in [-0.4, -0.2) is 36.2 Å². The highest BCUT2D eigenvalue weighted by atomic mass is 16.5. The van der Waals surface area contributed by atoms with E-state index in [1.54, 1.807) is 24.3 Å². The first kappa shape index (κ1) is 15.2. The van der Waals surface area contributed by atoms with Crippen molar-refractivity contribution in [1.29, 1.82) is 0 Å². The van der Waals surface area contributed by atoms with Crippen LogP contribution in [0.15, 0.2) is 30.3 Å². The molecule has 0 bridgehead atoms. The lowest BCUT2D eigenvalue weighted by Gasteiger charge is -2.05. The molecule has 0 radical (unpaired) electrons. The monoisotopic (exact) mass is 278 g/mol. The quantitative estimate of drug-likeness (QED) is 0.520. The second-order valence-corrected chi connectivity index (χ2v) is 3.72. The SMILES string of the molecule is NC(=O)OCCNC(=O)c1cccc(/C=C/C(=O)O)c1. The van der Waals surface area contributed by atoms with Crippen molar-refractivity contribution < 1.29 is 24.2 Å². The van der Waals surface area contributed by atoms with Crippen LogP contribution in [0.5, 0.6) is 0 Å². The largest absolute Gasteiger partial charge is 0.478 e. The van der Waals surface area contributed by atoms with Crippen molar-refractivity contribution >= 4 is 24.0 Å². The van der Waals surface area contributed by atoms with E-state index >= 15 is 0 Å². The molecule has 0 aromatic heterocycles. The van der Waals surface area contributed by atoms with Crippen molar-refractivity contribution in [2.45, 2.75) is 0 Å². The Morgan fingerprint density at radius 2 is 2.10 bits per heavy atom. The van der Waals surface area contributed by atoms with Crippen molar-refractivity contribution in [2.75, 3.05) is 13.2 Å². The Bertz CT molecular complexity index is 539. The average Bonchev–Trinajstić information content (AvgIpc) is 2.41. The Morgan fingerprint density at radius 3 is 2.75 bits per heavy atom. The van der Waals surface area contributed by atoms with Gasteiger partial charge in [0.25, 0.3) is 5.91 Å². The molecule has 0 atom stereocenters. The highest BCUT2D eigenvalue weighted by molar-refractivity contribution is 5.95.